The fraction of sp³-hybridized carbons (Fsp3) is 0.333. The molecule has 31 heavy (non-hydrogen) atoms. The van der Waals surface area contributed by atoms with E-state index in [0.717, 1.165) is 23.5 Å². The number of rotatable bonds is 4. The summed E-state index contributed by atoms with van der Waals surface area (Å²) in [6, 6.07) is 16.5. The van der Waals surface area contributed by atoms with Gasteiger partial charge in [0.1, 0.15) is 11.4 Å². The van der Waals surface area contributed by atoms with Gasteiger partial charge in [0.25, 0.3) is 5.89 Å². The summed E-state index contributed by atoms with van der Waals surface area (Å²) in [6.45, 7) is 8.47. The summed E-state index contributed by atoms with van der Waals surface area (Å²) >= 11 is 0. The van der Waals surface area contributed by atoms with Gasteiger partial charge in [-0.3, -0.25) is 4.98 Å². The standard InChI is InChI=1S/C24H26N6O/c1-23(2)14-18(16-10-6-5-7-11-16)27-20-17(15-26-30(20)23)21-28-29-22(31-21)24(3,4)19-12-8-9-13-25-19/h5-13,15,18,27H,14H2,1-4H3. The summed E-state index contributed by atoms with van der Waals surface area (Å²) in [5, 5.41) is 17.0. The molecule has 0 spiro atoms. The summed E-state index contributed by atoms with van der Waals surface area (Å²) in [5.41, 5.74) is 2.28. The van der Waals surface area contributed by atoms with Crippen LogP contribution in [-0.4, -0.2) is 25.0 Å². The summed E-state index contributed by atoms with van der Waals surface area (Å²) in [6.07, 6.45) is 4.51. The largest absolute Gasteiger partial charge is 0.419 e. The molecule has 1 aliphatic rings. The molecule has 1 atom stereocenters. The maximum Gasteiger partial charge on any atom is 0.253 e. The summed E-state index contributed by atoms with van der Waals surface area (Å²) < 4.78 is 8.19. The lowest BCUT2D eigenvalue weighted by molar-refractivity contribution is 0.263. The maximum absolute atomic E-state index is 6.17. The molecule has 4 heterocycles. The van der Waals surface area contributed by atoms with Gasteiger partial charge in [0, 0.05) is 6.20 Å². The first-order valence-corrected chi connectivity index (χ1v) is 10.5. The van der Waals surface area contributed by atoms with E-state index in [0.29, 0.717) is 11.8 Å². The first-order chi connectivity index (χ1) is 14.9. The quantitative estimate of drug-likeness (QED) is 0.509. The number of benzene rings is 1. The van der Waals surface area contributed by atoms with Crippen LogP contribution in [0.4, 0.5) is 5.82 Å². The van der Waals surface area contributed by atoms with E-state index in [4.69, 9.17) is 4.42 Å². The predicted molar refractivity (Wildman–Crippen MR) is 119 cm³/mol. The lowest BCUT2D eigenvalue weighted by Gasteiger charge is -2.38. The van der Waals surface area contributed by atoms with E-state index in [9.17, 15) is 0 Å². The highest BCUT2D eigenvalue weighted by Crippen LogP contribution is 2.43. The molecular weight excluding hydrogens is 388 g/mol. The molecule has 0 bridgehead atoms. The van der Waals surface area contributed by atoms with Gasteiger partial charge in [-0.05, 0) is 51.8 Å². The third-order valence-corrected chi connectivity index (χ3v) is 6.05. The number of hydrogen-bond donors (Lipinski definition) is 1. The van der Waals surface area contributed by atoms with Gasteiger partial charge < -0.3 is 9.73 Å². The van der Waals surface area contributed by atoms with Crippen LogP contribution in [0.15, 0.2) is 65.3 Å². The highest BCUT2D eigenvalue weighted by molar-refractivity contribution is 5.70. The van der Waals surface area contributed by atoms with Crippen LogP contribution in [0, 0.1) is 0 Å². The van der Waals surface area contributed by atoms with Crippen molar-refractivity contribution in [2.45, 2.75) is 51.1 Å². The van der Waals surface area contributed by atoms with Gasteiger partial charge in [0.05, 0.1) is 28.9 Å². The van der Waals surface area contributed by atoms with Crippen LogP contribution >= 0.6 is 0 Å². The van der Waals surface area contributed by atoms with Crippen molar-refractivity contribution in [2.75, 3.05) is 5.32 Å². The number of aromatic nitrogens is 5. The van der Waals surface area contributed by atoms with Crippen molar-refractivity contribution in [1.29, 1.82) is 0 Å². The zero-order valence-corrected chi connectivity index (χ0v) is 18.2. The molecule has 0 saturated carbocycles. The molecule has 0 radical (unpaired) electrons. The molecule has 7 nitrogen and oxygen atoms in total. The molecule has 3 aromatic heterocycles. The van der Waals surface area contributed by atoms with Gasteiger partial charge in [-0.15, -0.1) is 10.2 Å². The van der Waals surface area contributed by atoms with Crippen molar-refractivity contribution in [3.05, 3.63) is 78.1 Å². The molecule has 1 aliphatic heterocycles. The first kappa shape index (κ1) is 19.5. The van der Waals surface area contributed by atoms with Crippen LogP contribution in [0.1, 0.15) is 57.3 Å². The molecule has 0 saturated heterocycles. The van der Waals surface area contributed by atoms with Gasteiger partial charge >= 0.3 is 0 Å². The average Bonchev–Trinajstić information content (AvgIpc) is 3.42. The first-order valence-electron chi connectivity index (χ1n) is 10.5. The minimum absolute atomic E-state index is 0.157. The van der Waals surface area contributed by atoms with Crippen molar-refractivity contribution in [3.63, 3.8) is 0 Å². The van der Waals surface area contributed by atoms with E-state index < -0.39 is 5.41 Å². The minimum atomic E-state index is -0.501. The van der Waals surface area contributed by atoms with Crippen molar-refractivity contribution in [2.24, 2.45) is 0 Å². The molecule has 4 aromatic rings. The van der Waals surface area contributed by atoms with E-state index in [1.165, 1.54) is 5.56 Å². The predicted octanol–water partition coefficient (Wildman–Crippen LogP) is 4.95. The molecule has 5 rings (SSSR count). The van der Waals surface area contributed by atoms with Crippen molar-refractivity contribution >= 4 is 5.82 Å². The molecule has 158 valence electrons. The van der Waals surface area contributed by atoms with E-state index >= 15 is 0 Å². The Kier molecular flexibility index (Phi) is 4.43. The number of nitrogens with zero attached hydrogens (tertiary/aromatic N) is 5. The van der Waals surface area contributed by atoms with Gasteiger partial charge in [-0.2, -0.15) is 5.10 Å². The van der Waals surface area contributed by atoms with E-state index in [1.807, 2.05) is 49.0 Å². The molecule has 1 N–H and O–H groups in total. The highest BCUT2D eigenvalue weighted by Gasteiger charge is 2.37. The second-order valence-electron chi connectivity index (χ2n) is 9.20. The fourth-order valence-corrected chi connectivity index (χ4v) is 4.22. The molecular formula is C24H26N6O. The third-order valence-electron chi connectivity index (χ3n) is 6.05. The van der Waals surface area contributed by atoms with Crippen LogP contribution in [0.3, 0.4) is 0 Å². The van der Waals surface area contributed by atoms with E-state index in [-0.39, 0.29) is 11.6 Å². The Bertz CT molecular complexity index is 1190. The monoisotopic (exact) mass is 414 g/mol. The smallest absolute Gasteiger partial charge is 0.253 e. The Balaban J connectivity index is 1.52. The Morgan fingerprint density at radius 2 is 1.84 bits per heavy atom. The van der Waals surface area contributed by atoms with Crippen molar-refractivity contribution < 1.29 is 4.42 Å². The fourth-order valence-electron chi connectivity index (χ4n) is 4.22. The lowest BCUT2D eigenvalue weighted by atomic mass is 9.88. The van der Waals surface area contributed by atoms with Crippen LogP contribution in [0.2, 0.25) is 0 Å². The highest BCUT2D eigenvalue weighted by atomic mass is 16.4. The molecule has 1 aromatic carbocycles. The summed E-state index contributed by atoms with van der Waals surface area (Å²) in [4.78, 5) is 4.47. The van der Waals surface area contributed by atoms with Gasteiger partial charge in [0.2, 0.25) is 5.89 Å². The molecule has 0 amide bonds. The minimum Gasteiger partial charge on any atom is -0.419 e. The summed E-state index contributed by atoms with van der Waals surface area (Å²) in [5.74, 6) is 1.88. The molecule has 0 fully saturated rings. The van der Waals surface area contributed by atoms with Crippen LogP contribution in [-0.2, 0) is 11.0 Å². The lowest BCUT2D eigenvalue weighted by Crippen LogP contribution is -2.37. The van der Waals surface area contributed by atoms with Gasteiger partial charge in [-0.25, -0.2) is 4.68 Å². The normalized spacial score (nSPS) is 17.7. The zero-order chi connectivity index (χ0) is 21.6. The second-order valence-corrected chi connectivity index (χ2v) is 9.20. The number of nitrogens with one attached hydrogen (secondary N) is 1. The van der Waals surface area contributed by atoms with E-state index in [2.05, 4.69) is 63.7 Å². The summed E-state index contributed by atoms with van der Waals surface area (Å²) in [7, 11) is 0. The van der Waals surface area contributed by atoms with Crippen LogP contribution < -0.4 is 5.32 Å². The van der Waals surface area contributed by atoms with Gasteiger partial charge in [-0.1, -0.05) is 36.4 Å². The topological polar surface area (TPSA) is 81.7 Å². The molecule has 1 unspecified atom stereocenters. The van der Waals surface area contributed by atoms with Crippen LogP contribution in [0.5, 0.6) is 0 Å². The molecule has 7 heteroatoms. The Hall–Kier alpha value is -3.48. The Morgan fingerprint density at radius 1 is 1.06 bits per heavy atom. The van der Waals surface area contributed by atoms with Crippen LogP contribution in [0.25, 0.3) is 11.5 Å². The zero-order valence-electron chi connectivity index (χ0n) is 18.2. The Morgan fingerprint density at radius 3 is 2.58 bits per heavy atom. The van der Waals surface area contributed by atoms with Crippen molar-refractivity contribution in [1.82, 2.24) is 25.0 Å². The average molecular weight is 415 g/mol. The number of pyridine rings is 1. The van der Waals surface area contributed by atoms with Gasteiger partial charge in [0.15, 0.2) is 0 Å². The Labute approximate surface area is 181 Å². The second kappa shape index (κ2) is 7.04. The number of hydrogen-bond acceptors (Lipinski definition) is 6. The number of anilines is 1. The number of fused-ring (bicyclic) bond motifs is 1. The van der Waals surface area contributed by atoms with Crippen molar-refractivity contribution in [3.8, 4) is 11.5 Å². The third kappa shape index (κ3) is 3.30. The maximum atomic E-state index is 6.17. The van der Waals surface area contributed by atoms with E-state index in [1.54, 1.807) is 6.20 Å². The SMILES string of the molecule is CC(C)(c1ccccn1)c1nnc(-c2cnn3c2NC(c2ccccc2)CC3(C)C)o1. The molecule has 0 aliphatic carbocycles.